The molecule has 2 aromatic rings. The molecule has 0 aliphatic carbocycles. The van der Waals surface area contributed by atoms with Crippen molar-refractivity contribution in [2.45, 2.75) is 31.3 Å². The second-order valence-corrected chi connectivity index (χ2v) is 6.97. The SMILES string of the molecule is CC1CN(c2ccc(C#N)n3nccc23)CC(C(=O)NC2CNCC2F)O1. The summed E-state index contributed by atoms with van der Waals surface area (Å²) in [5.74, 6) is -0.305. The lowest BCUT2D eigenvalue weighted by Gasteiger charge is -2.38. The molecule has 4 atom stereocenters. The Hall–Kier alpha value is -2.70. The number of hydrogen-bond acceptors (Lipinski definition) is 6. The topological polar surface area (TPSA) is 94.7 Å². The number of pyridine rings is 1. The van der Waals surface area contributed by atoms with E-state index in [9.17, 15) is 14.4 Å². The first-order valence-corrected chi connectivity index (χ1v) is 8.99. The Bertz CT molecular complexity index is 894. The zero-order valence-corrected chi connectivity index (χ0v) is 14.9. The molecule has 0 bridgehead atoms. The van der Waals surface area contributed by atoms with Crippen molar-refractivity contribution in [2.24, 2.45) is 0 Å². The van der Waals surface area contributed by atoms with Gasteiger partial charge in [0.2, 0.25) is 0 Å². The number of aromatic nitrogens is 2. The molecule has 8 nitrogen and oxygen atoms in total. The molecular weight excluding hydrogens is 351 g/mol. The van der Waals surface area contributed by atoms with E-state index in [1.165, 1.54) is 0 Å². The van der Waals surface area contributed by atoms with Gasteiger partial charge >= 0.3 is 0 Å². The van der Waals surface area contributed by atoms with Crippen LogP contribution in [-0.4, -0.2) is 66.1 Å². The fraction of sp³-hybridized carbons (Fsp3) is 0.500. The lowest BCUT2D eigenvalue weighted by atomic mass is 10.1. The summed E-state index contributed by atoms with van der Waals surface area (Å²) in [4.78, 5) is 14.7. The van der Waals surface area contributed by atoms with Crippen LogP contribution in [0.25, 0.3) is 5.52 Å². The highest BCUT2D eigenvalue weighted by atomic mass is 19.1. The summed E-state index contributed by atoms with van der Waals surface area (Å²) in [6.45, 7) is 3.53. The standard InChI is InChI=1S/C18H21FN6O2/c1-11-9-24(15-3-2-12(6-20)25-16(15)4-5-22-25)10-17(27-11)18(26)23-14-8-21-7-13(14)19/h2-5,11,13-14,17,21H,7-10H2,1H3,(H,23,26). The number of ether oxygens (including phenoxy) is 1. The molecule has 1 amide bonds. The van der Waals surface area contributed by atoms with Crippen molar-refractivity contribution < 1.29 is 13.9 Å². The van der Waals surface area contributed by atoms with E-state index in [2.05, 4.69) is 26.7 Å². The van der Waals surface area contributed by atoms with E-state index in [1.807, 2.05) is 19.1 Å². The van der Waals surface area contributed by atoms with Crippen molar-refractivity contribution >= 4 is 17.1 Å². The molecule has 0 saturated carbocycles. The van der Waals surface area contributed by atoms with Gasteiger partial charge in [-0.05, 0) is 25.1 Å². The van der Waals surface area contributed by atoms with Gasteiger partial charge in [-0.3, -0.25) is 4.79 Å². The number of nitrogens with one attached hydrogen (secondary N) is 2. The third kappa shape index (κ3) is 3.34. The minimum absolute atomic E-state index is 0.170. The lowest BCUT2D eigenvalue weighted by molar-refractivity contribution is -0.138. The van der Waals surface area contributed by atoms with Crippen LogP contribution < -0.4 is 15.5 Å². The predicted octanol–water partition coefficient (Wildman–Crippen LogP) is 0.226. The van der Waals surface area contributed by atoms with Crippen LogP contribution in [0.3, 0.4) is 0 Å². The number of rotatable bonds is 3. The number of amides is 1. The molecule has 4 rings (SSSR count). The van der Waals surface area contributed by atoms with Crippen molar-refractivity contribution in [1.29, 1.82) is 5.26 Å². The average molecular weight is 372 g/mol. The Kier molecular flexibility index (Phi) is 4.68. The highest BCUT2D eigenvalue weighted by Crippen LogP contribution is 2.26. The van der Waals surface area contributed by atoms with Crippen LogP contribution in [-0.2, 0) is 9.53 Å². The molecule has 142 valence electrons. The lowest BCUT2D eigenvalue weighted by Crippen LogP contribution is -2.55. The van der Waals surface area contributed by atoms with Crippen LogP contribution in [0.1, 0.15) is 12.6 Å². The summed E-state index contributed by atoms with van der Waals surface area (Å²) < 4.78 is 21.2. The quantitative estimate of drug-likeness (QED) is 0.801. The average Bonchev–Trinajstić information content (AvgIpc) is 3.30. The van der Waals surface area contributed by atoms with E-state index in [0.717, 1.165) is 11.2 Å². The Morgan fingerprint density at radius 2 is 2.26 bits per heavy atom. The third-order valence-electron chi connectivity index (χ3n) is 5.01. The van der Waals surface area contributed by atoms with Gasteiger partial charge in [0, 0.05) is 19.6 Å². The second-order valence-electron chi connectivity index (χ2n) is 6.97. The van der Waals surface area contributed by atoms with E-state index in [0.29, 0.717) is 25.3 Å². The van der Waals surface area contributed by atoms with Crippen molar-refractivity contribution in [3.8, 4) is 6.07 Å². The number of anilines is 1. The van der Waals surface area contributed by atoms with E-state index >= 15 is 0 Å². The van der Waals surface area contributed by atoms with Crippen LogP contribution in [0.2, 0.25) is 0 Å². The predicted molar refractivity (Wildman–Crippen MR) is 96.2 cm³/mol. The maximum absolute atomic E-state index is 13.8. The van der Waals surface area contributed by atoms with E-state index < -0.39 is 18.3 Å². The number of morpholine rings is 1. The fourth-order valence-electron chi connectivity index (χ4n) is 3.71. The van der Waals surface area contributed by atoms with Crippen molar-refractivity contribution in [1.82, 2.24) is 20.2 Å². The zero-order valence-electron chi connectivity index (χ0n) is 14.9. The number of carbonyl (C=O) groups is 1. The number of fused-ring (bicyclic) bond motifs is 1. The number of hydrogen-bond donors (Lipinski definition) is 2. The van der Waals surface area contributed by atoms with Gasteiger partial charge in [0.15, 0.2) is 6.10 Å². The maximum Gasteiger partial charge on any atom is 0.251 e. The fourth-order valence-corrected chi connectivity index (χ4v) is 3.71. The molecular formula is C18H21FN6O2. The van der Waals surface area contributed by atoms with Crippen molar-refractivity contribution in [3.63, 3.8) is 0 Å². The van der Waals surface area contributed by atoms with Gasteiger partial charge in [-0.1, -0.05) is 0 Å². The van der Waals surface area contributed by atoms with Crippen LogP contribution in [0.4, 0.5) is 10.1 Å². The summed E-state index contributed by atoms with van der Waals surface area (Å²) in [5.41, 5.74) is 2.12. The molecule has 2 aromatic heterocycles. The normalized spacial score (nSPS) is 28.3. The summed E-state index contributed by atoms with van der Waals surface area (Å²) in [5, 5.41) is 19.1. The molecule has 4 heterocycles. The number of nitrogens with zero attached hydrogens (tertiary/aromatic N) is 4. The van der Waals surface area contributed by atoms with Gasteiger partial charge in [0.25, 0.3) is 5.91 Å². The Morgan fingerprint density at radius 3 is 3.00 bits per heavy atom. The van der Waals surface area contributed by atoms with E-state index in [4.69, 9.17) is 4.74 Å². The van der Waals surface area contributed by atoms with Gasteiger partial charge < -0.3 is 20.3 Å². The van der Waals surface area contributed by atoms with E-state index in [1.54, 1.807) is 16.8 Å². The third-order valence-corrected chi connectivity index (χ3v) is 5.01. The Labute approximate surface area is 155 Å². The second kappa shape index (κ2) is 7.13. The van der Waals surface area contributed by atoms with Crippen LogP contribution >= 0.6 is 0 Å². The number of alkyl halides is 1. The molecule has 9 heteroatoms. The molecule has 27 heavy (non-hydrogen) atoms. The van der Waals surface area contributed by atoms with Gasteiger partial charge in [0.05, 0.1) is 36.1 Å². The van der Waals surface area contributed by atoms with Gasteiger partial charge in [-0.15, -0.1) is 0 Å². The summed E-state index contributed by atoms with van der Waals surface area (Å²) >= 11 is 0. The molecule has 0 spiro atoms. The molecule has 2 aliphatic heterocycles. The van der Waals surface area contributed by atoms with Crippen molar-refractivity contribution in [3.05, 3.63) is 30.1 Å². The minimum atomic E-state index is -1.09. The monoisotopic (exact) mass is 372 g/mol. The van der Waals surface area contributed by atoms with Gasteiger partial charge in [-0.2, -0.15) is 10.4 Å². The molecule has 2 fully saturated rings. The number of nitriles is 1. The highest BCUT2D eigenvalue weighted by Gasteiger charge is 2.35. The van der Waals surface area contributed by atoms with Crippen LogP contribution in [0.5, 0.6) is 0 Å². The maximum atomic E-state index is 13.8. The first-order chi connectivity index (χ1) is 13.1. The molecule has 0 aromatic carbocycles. The first kappa shape index (κ1) is 17.7. The Morgan fingerprint density at radius 1 is 1.41 bits per heavy atom. The smallest absolute Gasteiger partial charge is 0.251 e. The molecule has 2 aliphatic rings. The Balaban J connectivity index is 1.55. The summed E-state index contributed by atoms with van der Waals surface area (Å²) in [7, 11) is 0. The molecule has 2 N–H and O–H groups in total. The zero-order chi connectivity index (χ0) is 19.0. The summed E-state index contributed by atoms with van der Waals surface area (Å²) in [6, 6.07) is 7.00. The summed E-state index contributed by atoms with van der Waals surface area (Å²) in [6.07, 6.45) is -0.311. The number of halogens is 1. The molecule has 2 saturated heterocycles. The first-order valence-electron chi connectivity index (χ1n) is 8.99. The largest absolute Gasteiger partial charge is 0.364 e. The van der Waals surface area contributed by atoms with Gasteiger partial charge in [-0.25, -0.2) is 8.91 Å². The van der Waals surface area contributed by atoms with Crippen LogP contribution in [0, 0.1) is 11.3 Å². The van der Waals surface area contributed by atoms with Crippen LogP contribution in [0.15, 0.2) is 24.4 Å². The minimum Gasteiger partial charge on any atom is -0.364 e. The van der Waals surface area contributed by atoms with E-state index in [-0.39, 0.29) is 18.6 Å². The molecule has 0 radical (unpaired) electrons. The highest BCUT2D eigenvalue weighted by molar-refractivity contribution is 5.83. The van der Waals surface area contributed by atoms with Gasteiger partial charge in [0.1, 0.15) is 17.9 Å². The van der Waals surface area contributed by atoms with Crippen molar-refractivity contribution in [2.75, 3.05) is 31.1 Å². The number of carbonyl (C=O) groups excluding carboxylic acids is 1. The molecule has 4 unspecified atom stereocenters.